The maximum Gasteiger partial charge on any atom is 0.248 e. The standard InChI is InChI=1S/C24H25FN4O2S/c1-17(30)29(22-7-5-4-6-21(22)25)24-27-20(16-32-24)12-13-23(31)26-19-10-8-18(9-11-19)14-15-28(2)3/h4-13,16H,14-15H2,1-3H3,(H,26,31)/b13-12+. The summed E-state index contributed by atoms with van der Waals surface area (Å²) in [6, 6.07) is 13.8. The van der Waals surface area contributed by atoms with Crippen LogP contribution in [0.3, 0.4) is 0 Å². The van der Waals surface area contributed by atoms with Gasteiger partial charge in [-0.2, -0.15) is 0 Å². The second-order valence-electron chi connectivity index (χ2n) is 7.43. The van der Waals surface area contributed by atoms with Gasteiger partial charge >= 0.3 is 0 Å². The summed E-state index contributed by atoms with van der Waals surface area (Å²) in [5, 5.41) is 4.84. The molecule has 166 valence electrons. The molecular weight excluding hydrogens is 427 g/mol. The third-order valence-corrected chi connectivity index (χ3v) is 5.43. The molecule has 0 aliphatic carbocycles. The number of thiazole rings is 1. The Balaban J connectivity index is 1.64. The summed E-state index contributed by atoms with van der Waals surface area (Å²) in [6.45, 7) is 2.31. The number of hydrogen-bond donors (Lipinski definition) is 1. The highest BCUT2D eigenvalue weighted by molar-refractivity contribution is 7.14. The number of aromatic nitrogens is 1. The second-order valence-corrected chi connectivity index (χ2v) is 8.27. The molecule has 8 heteroatoms. The van der Waals surface area contributed by atoms with Crippen LogP contribution in [0, 0.1) is 5.82 Å². The lowest BCUT2D eigenvalue weighted by Gasteiger charge is -2.18. The van der Waals surface area contributed by atoms with E-state index in [0.29, 0.717) is 16.5 Å². The summed E-state index contributed by atoms with van der Waals surface area (Å²) in [7, 11) is 4.06. The van der Waals surface area contributed by atoms with Gasteiger partial charge in [-0.3, -0.25) is 14.5 Å². The van der Waals surface area contributed by atoms with E-state index in [2.05, 4.69) is 15.2 Å². The quantitative estimate of drug-likeness (QED) is 0.502. The van der Waals surface area contributed by atoms with E-state index in [1.807, 2.05) is 38.4 Å². The fourth-order valence-corrected chi connectivity index (χ4v) is 3.80. The van der Waals surface area contributed by atoms with Crippen molar-refractivity contribution in [3.8, 4) is 0 Å². The van der Waals surface area contributed by atoms with Crippen molar-refractivity contribution >= 4 is 45.7 Å². The van der Waals surface area contributed by atoms with Crippen LogP contribution in [-0.4, -0.2) is 42.3 Å². The lowest BCUT2D eigenvalue weighted by atomic mass is 10.1. The first-order valence-corrected chi connectivity index (χ1v) is 10.9. The first-order valence-electron chi connectivity index (χ1n) is 10.1. The minimum atomic E-state index is -0.512. The zero-order valence-electron chi connectivity index (χ0n) is 18.2. The zero-order chi connectivity index (χ0) is 23.1. The molecule has 0 saturated heterocycles. The number of likely N-dealkylation sites (N-methyl/N-ethyl adjacent to an activating group) is 1. The van der Waals surface area contributed by atoms with Gasteiger partial charge in [0.05, 0.1) is 11.4 Å². The third kappa shape index (κ3) is 6.32. The van der Waals surface area contributed by atoms with Crippen LogP contribution < -0.4 is 10.2 Å². The van der Waals surface area contributed by atoms with Crippen LogP contribution >= 0.6 is 11.3 Å². The molecule has 3 rings (SSSR count). The summed E-state index contributed by atoms with van der Waals surface area (Å²) in [5.74, 6) is -1.16. The molecule has 0 bridgehead atoms. The Bertz CT molecular complexity index is 1110. The maximum atomic E-state index is 14.2. The van der Waals surface area contributed by atoms with Crippen molar-refractivity contribution in [1.82, 2.24) is 9.88 Å². The number of carbonyl (C=O) groups excluding carboxylic acids is 2. The van der Waals surface area contributed by atoms with Crippen LogP contribution in [0.15, 0.2) is 60.0 Å². The summed E-state index contributed by atoms with van der Waals surface area (Å²) < 4.78 is 14.2. The number of halogens is 1. The number of para-hydroxylation sites is 1. The highest BCUT2D eigenvalue weighted by atomic mass is 32.1. The molecule has 0 aliphatic rings. The second kappa shape index (κ2) is 10.8. The van der Waals surface area contributed by atoms with E-state index in [4.69, 9.17) is 0 Å². The molecule has 1 N–H and O–H groups in total. The number of nitrogens with zero attached hydrogens (tertiary/aromatic N) is 3. The van der Waals surface area contributed by atoms with E-state index < -0.39 is 5.82 Å². The van der Waals surface area contributed by atoms with Gasteiger partial charge in [-0.05, 0) is 56.4 Å². The number of anilines is 3. The van der Waals surface area contributed by atoms with Gasteiger partial charge in [0.25, 0.3) is 0 Å². The fraction of sp³-hybridized carbons (Fsp3) is 0.208. The largest absolute Gasteiger partial charge is 0.323 e. The third-order valence-electron chi connectivity index (χ3n) is 4.58. The van der Waals surface area contributed by atoms with Gasteiger partial charge in [-0.1, -0.05) is 24.3 Å². The molecule has 0 atom stereocenters. The molecule has 0 unspecified atom stereocenters. The molecular formula is C24H25FN4O2S. The van der Waals surface area contributed by atoms with Crippen molar-refractivity contribution in [2.45, 2.75) is 13.3 Å². The molecule has 32 heavy (non-hydrogen) atoms. The van der Waals surface area contributed by atoms with Crippen LogP contribution in [-0.2, 0) is 16.0 Å². The van der Waals surface area contributed by atoms with Crippen LogP contribution in [0.1, 0.15) is 18.2 Å². The van der Waals surface area contributed by atoms with Gasteiger partial charge in [0.2, 0.25) is 11.8 Å². The average molecular weight is 453 g/mol. The Labute approximate surface area is 191 Å². The molecule has 0 aliphatic heterocycles. The molecule has 3 aromatic rings. The Morgan fingerprint density at radius 3 is 2.50 bits per heavy atom. The van der Waals surface area contributed by atoms with E-state index in [-0.39, 0.29) is 17.5 Å². The first kappa shape index (κ1) is 23.3. The predicted octanol–water partition coefficient (Wildman–Crippen LogP) is 4.72. The van der Waals surface area contributed by atoms with Crippen LogP contribution in [0.5, 0.6) is 0 Å². The van der Waals surface area contributed by atoms with E-state index in [0.717, 1.165) is 13.0 Å². The molecule has 1 heterocycles. The number of nitrogens with one attached hydrogen (secondary N) is 1. The van der Waals surface area contributed by atoms with Gasteiger partial charge in [0.1, 0.15) is 5.82 Å². The minimum absolute atomic E-state index is 0.136. The number of amides is 2. The number of hydrogen-bond acceptors (Lipinski definition) is 5. The Morgan fingerprint density at radius 1 is 1.12 bits per heavy atom. The smallest absolute Gasteiger partial charge is 0.248 e. The SMILES string of the molecule is CC(=O)N(c1nc(/C=C/C(=O)Nc2ccc(CCN(C)C)cc2)cs1)c1ccccc1F. The minimum Gasteiger partial charge on any atom is -0.323 e. The van der Waals surface area contributed by atoms with Crippen molar-refractivity contribution in [2.75, 3.05) is 30.9 Å². The topological polar surface area (TPSA) is 65.5 Å². The maximum absolute atomic E-state index is 14.2. The van der Waals surface area contributed by atoms with Gasteiger partial charge in [0, 0.05) is 30.6 Å². The van der Waals surface area contributed by atoms with Gasteiger partial charge < -0.3 is 10.2 Å². The van der Waals surface area contributed by atoms with E-state index in [1.54, 1.807) is 23.6 Å². The number of carbonyl (C=O) groups is 2. The normalized spacial score (nSPS) is 11.2. The average Bonchev–Trinajstić information content (AvgIpc) is 3.21. The highest BCUT2D eigenvalue weighted by Gasteiger charge is 2.20. The first-order chi connectivity index (χ1) is 15.3. The Morgan fingerprint density at radius 2 is 1.84 bits per heavy atom. The van der Waals surface area contributed by atoms with Gasteiger partial charge in [-0.25, -0.2) is 9.37 Å². The molecule has 0 spiro atoms. The summed E-state index contributed by atoms with van der Waals surface area (Å²) in [5.41, 5.74) is 2.54. The summed E-state index contributed by atoms with van der Waals surface area (Å²) in [4.78, 5) is 32.1. The summed E-state index contributed by atoms with van der Waals surface area (Å²) >= 11 is 1.19. The molecule has 0 radical (unpaired) electrons. The van der Waals surface area contributed by atoms with Crippen LogP contribution in [0.2, 0.25) is 0 Å². The lowest BCUT2D eigenvalue weighted by molar-refractivity contribution is -0.116. The molecule has 0 saturated carbocycles. The fourth-order valence-electron chi connectivity index (χ4n) is 2.95. The zero-order valence-corrected chi connectivity index (χ0v) is 19.0. The Kier molecular flexibility index (Phi) is 7.86. The highest BCUT2D eigenvalue weighted by Crippen LogP contribution is 2.31. The lowest BCUT2D eigenvalue weighted by Crippen LogP contribution is -2.23. The van der Waals surface area contributed by atoms with Crippen molar-refractivity contribution in [3.63, 3.8) is 0 Å². The monoisotopic (exact) mass is 452 g/mol. The molecule has 0 fully saturated rings. The van der Waals surface area contributed by atoms with Crippen molar-refractivity contribution < 1.29 is 14.0 Å². The molecule has 2 aromatic carbocycles. The number of rotatable bonds is 8. The molecule has 6 nitrogen and oxygen atoms in total. The van der Waals surface area contributed by atoms with Crippen molar-refractivity contribution in [1.29, 1.82) is 0 Å². The predicted molar refractivity (Wildman–Crippen MR) is 128 cm³/mol. The van der Waals surface area contributed by atoms with E-state index >= 15 is 0 Å². The van der Waals surface area contributed by atoms with Gasteiger partial charge in [-0.15, -0.1) is 11.3 Å². The van der Waals surface area contributed by atoms with E-state index in [1.165, 1.54) is 46.9 Å². The molecule has 1 aromatic heterocycles. The van der Waals surface area contributed by atoms with Gasteiger partial charge in [0.15, 0.2) is 5.13 Å². The van der Waals surface area contributed by atoms with E-state index in [9.17, 15) is 14.0 Å². The Hall–Kier alpha value is -3.36. The summed E-state index contributed by atoms with van der Waals surface area (Å²) in [6.07, 6.45) is 3.87. The molecule has 2 amide bonds. The van der Waals surface area contributed by atoms with Crippen LogP contribution in [0.4, 0.5) is 20.9 Å². The van der Waals surface area contributed by atoms with Crippen molar-refractivity contribution in [3.05, 3.63) is 77.1 Å². The number of benzene rings is 2. The van der Waals surface area contributed by atoms with Crippen molar-refractivity contribution in [2.24, 2.45) is 0 Å². The van der Waals surface area contributed by atoms with Crippen LogP contribution in [0.25, 0.3) is 6.08 Å².